The van der Waals surface area contributed by atoms with E-state index in [0.717, 1.165) is 11.1 Å². The van der Waals surface area contributed by atoms with Gasteiger partial charge in [0, 0.05) is 35.5 Å². The molecule has 1 amide bonds. The van der Waals surface area contributed by atoms with Crippen LogP contribution in [0, 0.1) is 23.7 Å². The minimum Gasteiger partial charge on any atom is -0.399 e. The molecule has 1 fully saturated rings. The van der Waals surface area contributed by atoms with Crippen molar-refractivity contribution < 1.29 is 9.53 Å². The summed E-state index contributed by atoms with van der Waals surface area (Å²) in [6, 6.07) is 14.6. The lowest BCUT2D eigenvalue weighted by molar-refractivity contribution is 0.0303. The summed E-state index contributed by atoms with van der Waals surface area (Å²) in [4.78, 5) is 14.2. The summed E-state index contributed by atoms with van der Waals surface area (Å²) in [5, 5.41) is 0. The van der Waals surface area contributed by atoms with Gasteiger partial charge in [-0.15, -0.1) is 0 Å². The fourth-order valence-corrected chi connectivity index (χ4v) is 2.42. The number of nitrogen functional groups attached to an aromatic ring is 1. The average Bonchev–Trinajstić information content (AvgIpc) is 2.67. The van der Waals surface area contributed by atoms with E-state index in [9.17, 15) is 4.79 Å². The van der Waals surface area contributed by atoms with Crippen molar-refractivity contribution in [2.45, 2.75) is 0 Å². The largest absolute Gasteiger partial charge is 0.399 e. The standard InChI is InChI=1S/C21H18N2O2/c22-20-11-7-18(8-12-20)4-2-1-3-17-5-9-19(10-6-17)21(24)23-13-15-25-16-14-23/h5-12H,13-16,22H2. The van der Waals surface area contributed by atoms with E-state index < -0.39 is 0 Å². The number of hydrogen-bond donors (Lipinski definition) is 1. The second-order valence-corrected chi connectivity index (χ2v) is 5.60. The fourth-order valence-electron chi connectivity index (χ4n) is 2.42. The van der Waals surface area contributed by atoms with E-state index in [0.29, 0.717) is 37.6 Å². The van der Waals surface area contributed by atoms with Gasteiger partial charge in [-0.1, -0.05) is 11.8 Å². The minimum absolute atomic E-state index is 0.0333. The minimum atomic E-state index is 0.0333. The Kier molecular flexibility index (Phi) is 5.36. The molecule has 0 atom stereocenters. The lowest BCUT2D eigenvalue weighted by Crippen LogP contribution is -2.40. The number of anilines is 1. The maximum atomic E-state index is 12.4. The molecule has 2 aromatic rings. The fraction of sp³-hybridized carbons (Fsp3) is 0.190. The molecule has 1 heterocycles. The van der Waals surface area contributed by atoms with Crippen LogP contribution in [0.2, 0.25) is 0 Å². The highest BCUT2D eigenvalue weighted by atomic mass is 16.5. The van der Waals surface area contributed by atoms with Gasteiger partial charge in [0.25, 0.3) is 5.91 Å². The highest BCUT2D eigenvalue weighted by Gasteiger charge is 2.17. The van der Waals surface area contributed by atoms with Crippen LogP contribution in [0.1, 0.15) is 21.5 Å². The first-order chi connectivity index (χ1) is 12.2. The van der Waals surface area contributed by atoms with Gasteiger partial charge in [0.05, 0.1) is 13.2 Å². The molecule has 1 aliphatic rings. The van der Waals surface area contributed by atoms with Crippen molar-refractivity contribution in [3.8, 4) is 23.7 Å². The van der Waals surface area contributed by atoms with E-state index in [-0.39, 0.29) is 5.91 Å². The van der Waals surface area contributed by atoms with Gasteiger partial charge < -0.3 is 15.4 Å². The first-order valence-electron chi connectivity index (χ1n) is 8.07. The summed E-state index contributed by atoms with van der Waals surface area (Å²) in [6.45, 7) is 2.48. The van der Waals surface area contributed by atoms with Crippen molar-refractivity contribution in [2.24, 2.45) is 0 Å². The molecule has 0 aliphatic carbocycles. The van der Waals surface area contributed by atoms with E-state index in [2.05, 4.69) is 23.7 Å². The van der Waals surface area contributed by atoms with Crippen LogP contribution in [-0.2, 0) is 4.74 Å². The number of ether oxygens (including phenoxy) is 1. The molecule has 0 aromatic heterocycles. The lowest BCUT2D eigenvalue weighted by Gasteiger charge is -2.26. The van der Waals surface area contributed by atoms with Crippen molar-refractivity contribution in [3.05, 3.63) is 65.2 Å². The van der Waals surface area contributed by atoms with Crippen molar-refractivity contribution in [1.82, 2.24) is 4.90 Å². The zero-order valence-electron chi connectivity index (χ0n) is 13.8. The Morgan fingerprint density at radius 3 is 1.96 bits per heavy atom. The summed E-state index contributed by atoms with van der Waals surface area (Å²) in [7, 11) is 0. The summed E-state index contributed by atoms with van der Waals surface area (Å²) in [5.74, 6) is 11.6. The van der Waals surface area contributed by atoms with E-state index in [1.165, 1.54) is 0 Å². The molecule has 4 heteroatoms. The van der Waals surface area contributed by atoms with Gasteiger partial charge in [0.2, 0.25) is 0 Å². The van der Waals surface area contributed by atoms with Crippen molar-refractivity contribution >= 4 is 11.6 Å². The van der Waals surface area contributed by atoms with Crippen molar-refractivity contribution in [3.63, 3.8) is 0 Å². The predicted molar refractivity (Wildman–Crippen MR) is 97.8 cm³/mol. The molecule has 0 saturated carbocycles. The zero-order valence-corrected chi connectivity index (χ0v) is 13.8. The Bertz CT molecular complexity index is 857. The second-order valence-electron chi connectivity index (χ2n) is 5.60. The number of nitrogens with zero attached hydrogens (tertiary/aromatic N) is 1. The van der Waals surface area contributed by atoms with E-state index in [4.69, 9.17) is 10.5 Å². The Hall–Kier alpha value is -3.21. The van der Waals surface area contributed by atoms with Gasteiger partial charge in [-0.3, -0.25) is 4.79 Å². The number of carbonyl (C=O) groups is 1. The van der Waals surface area contributed by atoms with Crippen molar-refractivity contribution in [1.29, 1.82) is 0 Å². The number of nitrogens with two attached hydrogens (primary N) is 1. The van der Waals surface area contributed by atoms with E-state index >= 15 is 0 Å². The Labute approximate surface area is 147 Å². The summed E-state index contributed by atoms with van der Waals surface area (Å²) in [6.07, 6.45) is 0. The number of rotatable bonds is 1. The molecule has 1 saturated heterocycles. The number of amides is 1. The summed E-state index contributed by atoms with van der Waals surface area (Å²) in [5.41, 5.74) is 8.70. The molecule has 25 heavy (non-hydrogen) atoms. The van der Waals surface area contributed by atoms with E-state index in [1.54, 1.807) is 12.1 Å². The third-order valence-electron chi connectivity index (χ3n) is 3.82. The number of benzene rings is 2. The maximum absolute atomic E-state index is 12.4. The molecule has 2 aromatic carbocycles. The normalized spacial score (nSPS) is 13.2. The topological polar surface area (TPSA) is 55.6 Å². The third-order valence-corrected chi connectivity index (χ3v) is 3.82. The smallest absolute Gasteiger partial charge is 0.254 e. The van der Waals surface area contributed by atoms with Gasteiger partial charge in [-0.05, 0) is 60.4 Å². The molecule has 0 unspecified atom stereocenters. The molecule has 2 N–H and O–H groups in total. The van der Waals surface area contributed by atoms with Gasteiger partial charge in [-0.2, -0.15) is 0 Å². The van der Waals surface area contributed by atoms with Gasteiger partial charge in [-0.25, -0.2) is 0 Å². The highest BCUT2D eigenvalue weighted by Crippen LogP contribution is 2.09. The quantitative estimate of drug-likeness (QED) is 0.644. The maximum Gasteiger partial charge on any atom is 0.254 e. The van der Waals surface area contributed by atoms with E-state index in [1.807, 2.05) is 41.3 Å². The SMILES string of the molecule is Nc1ccc(C#CC#Cc2ccc(C(=O)N3CCOCC3)cc2)cc1. The van der Waals surface area contributed by atoms with Crippen LogP contribution in [0.5, 0.6) is 0 Å². The molecular formula is C21H18N2O2. The van der Waals surface area contributed by atoms with Gasteiger partial charge in [0.15, 0.2) is 0 Å². The van der Waals surface area contributed by atoms with Gasteiger partial charge in [0.1, 0.15) is 0 Å². The van der Waals surface area contributed by atoms with Gasteiger partial charge >= 0.3 is 0 Å². The van der Waals surface area contributed by atoms with Crippen LogP contribution in [0.25, 0.3) is 0 Å². The molecular weight excluding hydrogens is 312 g/mol. The third kappa shape index (κ3) is 4.64. The van der Waals surface area contributed by atoms with Crippen LogP contribution >= 0.6 is 0 Å². The molecule has 0 radical (unpaired) electrons. The second kappa shape index (κ2) is 8.06. The number of hydrogen-bond acceptors (Lipinski definition) is 3. The first kappa shape index (κ1) is 16.6. The number of morpholine rings is 1. The van der Waals surface area contributed by atoms with Crippen LogP contribution in [0.3, 0.4) is 0 Å². The molecule has 0 bridgehead atoms. The summed E-state index contributed by atoms with van der Waals surface area (Å²) >= 11 is 0. The van der Waals surface area contributed by atoms with Crippen LogP contribution in [0.15, 0.2) is 48.5 Å². The van der Waals surface area contributed by atoms with Crippen LogP contribution < -0.4 is 5.73 Å². The predicted octanol–water partition coefficient (Wildman–Crippen LogP) is 2.14. The lowest BCUT2D eigenvalue weighted by atomic mass is 10.1. The molecule has 124 valence electrons. The molecule has 0 spiro atoms. The Morgan fingerprint density at radius 2 is 1.40 bits per heavy atom. The monoisotopic (exact) mass is 330 g/mol. The Balaban J connectivity index is 1.63. The van der Waals surface area contributed by atoms with Crippen molar-refractivity contribution in [2.75, 3.05) is 32.0 Å². The highest BCUT2D eigenvalue weighted by molar-refractivity contribution is 5.94. The Morgan fingerprint density at radius 1 is 0.880 bits per heavy atom. The molecule has 3 rings (SSSR count). The zero-order chi connectivity index (χ0) is 17.5. The summed E-state index contributed by atoms with van der Waals surface area (Å²) < 4.78 is 5.27. The average molecular weight is 330 g/mol. The van der Waals surface area contributed by atoms with Crippen LogP contribution in [0.4, 0.5) is 5.69 Å². The molecule has 4 nitrogen and oxygen atoms in total. The number of carbonyl (C=O) groups excluding carboxylic acids is 1. The molecule has 1 aliphatic heterocycles. The van der Waals surface area contributed by atoms with Crippen LogP contribution in [-0.4, -0.2) is 37.1 Å². The first-order valence-corrected chi connectivity index (χ1v) is 8.07.